The Hall–Kier alpha value is -0.350. The molecule has 1 unspecified atom stereocenters. The molecule has 0 bridgehead atoms. The molecule has 5 heteroatoms. The van der Waals surface area contributed by atoms with Gasteiger partial charge in [0.2, 0.25) is 5.79 Å². The Morgan fingerprint density at radius 3 is 2.50 bits per heavy atom. The predicted molar refractivity (Wildman–Crippen MR) is 60.3 cm³/mol. The van der Waals surface area contributed by atoms with E-state index in [1.165, 1.54) is 12.1 Å². The zero-order valence-corrected chi connectivity index (χ0v) is 9.97. The number of hydrogen-bond donors (Lipinski definition) is 0. The van der Waals surface area contributed by atoms with Gasteiger partial charge in [-0.2, -0.15) is 0 Å². The molecule has 1 aliphatic rings. The lowest BCUT2D eigenvalue weighted by molar-refractivity contribution is -0.156. The average molecular weight is 265 g/mol. The Kier molecular flexibility index (Phi) is 3.70. The smallest absolute Gasteiger partial charge is 0.209 e. The predicted octanol–water partition coefficient (Wildman–Crippen LogP) is 2.87. The summed E-state index contributed by atoms with van der Waals surface area (Å²) in [7, 11) is 0. The van der Waals surface area contributed by atoms with E-state index in [9.17, 15) is 4.39 Å². The third-order valence-corrected chi connectivity index (χ3v) is 3.19. The highest BCUT2D eigenvalue weighted by atomic mass is 35.5. The van der Waals surface area contributed by atoms with E-state index in [0.717, 1.165) is 0 Å². The molecule has 0 spiro atoms. The van der Waals surface area contributed by atoms with Crippen molar-refractivity contribution in [3.05, 3.63) is 35.6 Å². The molecule has 1 heterocycles. The van der Waals surface area contributed by atoms with Gasteiger partial charge in [0.1, 0.15) is 5.82 Å². The van der Waals surface area contributed by atoms with Crippen LogP contribution in [0.3, 0.4) is 0 Å². The zero-order chi connectivity index (χ0) is 11.6. The summed E-state index contributed by atoms with van der Waals surface area (Å²) in [6, 6.07) is 5.91. The molecule has 1 fully saturated rings. The summed E-state index contributed by atoms with van der Waals surface area (Å²) in [5.41, 5.74) is 0.705. The molecule has 0 saturated carbocycles. The zero-order valence-electron chi connectivity index (χ0n) is 8.46. The molecule has 1 aromatic carbocycles. The van der Waals surface area contributed by atoms with E-state index in [0.29, 0.717) is 18.1 Å². The van der Waals surface area contributed by atoms with Crippen molar-refractivity contribution in [2.24, 2.45) is 0 Å². The molecule has 16 heavy (non-hydrogen) atoms. The van der Waals surface area contributed by atoms with Crippen molar-refractivity contribution in [1.82, 2.24) is 0 Å². The second kappa shape index (κ2) is 4.88. The van der Waals surface area contributed by atoms with Crippen molar-refractivity contribution < 1.29 is 13.9 Å². The minimum Gasteiger partial charge on any atom is -0.342 e. The summed E-state index contributed by atoms with van der Waals surface area (Å²) < 4.78 is 24.0. The van der Waals surface area contributed by atoms with Crippen LogP contribution in [0.25, 0.3) is 0 Å². The number of benzene rings is 1. The van der Waals surface area contributed by atoms with Gasteiger partial charge in [0.15, 0.2) is 0 Å². The molecule has 1 aromatic rings. The fourth-order valence-corrected chi connectivity index (χ4v) is 2.09. The number of ether oxygens (including phenoxy) is 2. The standard InChI is InChI=1S/C11H11Cl2FO2/c12-5-10-6-15-11(7-13,16-10)8-1-3-9(14)4-2-8/h1-4,10H,5-7H2/t10-,11?/m1/s1. The van der Waals surface area contributed by atoms with E-state index in [2.05, 4.69) is 0 Å². The third kappa shape index (κ3) is 2.18. The van der Waals surface area contributed by atoms with Crippen LogP contribution in [0.15, 0.2) is 24.3 Å². The highest BCUT2D eigenvalue weighted by Crippen LogP contribution is 2.35. The van der Waals surface area contributed by atoms with Gasteiger partial charge in [-0.15, -0.1) is 23.2 Å². The summed E-state index contributed by atoms with van der Waals surface area (Å²) in [4.78, 5) is 0. The van der Waals surface area contributed by atoms with Gasteiger partial charge >= 0.3 is 0 Å². The lowest BCUT2D eigenvalue weighted by Crippen LogP contribution is -2.30. The summed E-state index contributed by atoms with van der Waals surface area (Å²) in [6.07, 6.45) is -0.175. The Balaban J connectivity index is 2.25. The van der Waals surface area contributed by atoms with Crippen LogP contribution in [0.1, 0.15) is 5.56 Å². The summed E-state index contributed by atoms with van der Waals surface area (Å²) in [5.74, 6) is -0.805. The molecule has 1 saturated heterocycles. The van der Waals surface area contributed by atoms with Crippen molar-refractivity contribution >= 4 is 23.2 Å². The molecule has 1 aliphatic heterocycles. The number of rotatable bonds is 3. The maximum Gasteiger partial charge on any atom is 0.209 e. The second-order valence-corrected chi connectivity index (χ2v) is 4.17. The second-order valence-electron chi connectivity index (χ2n) is 3.60. The van der Waals surface area contributed by atoms with Gasteiger partial charge in [-0.05, 0) is 12.1 Å². The minimum absolute atomic E-state index is 0.145. The van der Waals surface area contributed by atoms with Gasteiger partial charge in [0, 0.05) is 5.56 Å². The first-order chi connectivity index (χ1) is 7.70. The molecular formula is C11H11Cl2FO2. The summed E-state index contributed by atoms with van der Waals surface area (Å²) >= 11 is 11.6. The molecule has 2 nitrogen and oxygen atoms in total. The number of halogens is 3. The Morgan fingerprint density at radius 2 is 2.00 bits per heavy atom. The van der Waals surface area contributed by atoms with Gasteiger partial charge in [-0.3, -0.25) is 0 Å². The van der Waals surface area contributed by atoms with Crippen molar-refractivity contribution in [3.63, 3.8) is 0 Å². The Bertz CT molecular complexity index is 358. The molecule has 0 aromatic heterocycles. The van der Waals surface area contributed by atoms with E-state index in [1.807, 2.05) is 0 Å². The van der Waals surface area contributed by atoms with Crippen molar-refractivity contribution in [3.8, 4) is 0 Å². The topological polar surface area (TPSA) is 18.5 Å². The fourth-order valence-electron chi connectivity index (χ4n) is 1.64. The molecule has 2 rings (SSSR count). The molecule has 0 radical (unpaired) electrons. The summed E-state index contributed by atoms with van der Waals surface area (Å²) in [5, 5.41) is 0. The monoisotopic (exact) mass is 264 g/mol. The molecule has 0 aliphatic carbocycles. The molecule has 88 valence electrons. The Morgan fingerprint density at radius 1 is 1.31 bits per heavy atom. The molecule has 2 atom stereocenters. The van der Waals surface area contributed by atoms with Gasteiger partial charge in [-0.1, -0.05) is 12.1 Å². The first-order valence-corrected chi connectivity index (χ1v) is 5.97. The highest BCUT2D eigenvalue weighted by Gasteiger charge is 2.42. The quantitative estimate of drug-likeness (QED) is 0.782. The van der Waals surface area contributed by atoms with Gasteiger partial charge in [0.05, 0.1) is 24.5 Å². The minimum atomic E-state index is -0.991. The lowest BCUT2D eigenvalue weighted by atomic mass is 10.1. The number of hydrogen-bond acceptors (Lipinski definition) is 2. The normalized spacial score (nSPS) is 29.6. The molecular weight excluding hydrogens is 254 g/mol. The first-order valence-electron chi connectivity index (χ1n) is 4.90. The first kappa shape index (κ1) is 12.1. The van der Waals surface area contributed by atoms with E-state index in [4.69, 9.17) is 32.7 Å². The maximum atomic E-state index is 12.8. The van der Waals surface area contributed by atoms with Crippen LogP contribution >= 0.6 is 23.2 Å². The van der Waals surface area contributed by atoms with Crippen molar-refractivity contribution in [1.29, 1.82) is 0 Å². The van der Waals surface area contributed by atoms with E-state index < -0.39 is 5.79 Å². The average Bonchev–Trinajstić information content (AvgIpc) is 2.75. The third-order valence-electron chi connectivity index (χ3n) is 2.49. The Labute approximate surface area is 103 Å². The maximum absolute atomic E-state index is 12.8. The largest absolute Gasteiger partial charge is 0.342 e. The molecule has 0 amide bonds. The van der Waals surface area contributed by atoms with Crippen LogP contribution in [0.5, 0.6) is 0 Å². The van der Waals surface area contributed by atoms with E-state index in [1.54, 1.807) is 12.1 Å². The van der Waals surface area contributed by atoms with E-state index in [-0.39, 0.29) is 17.8 Å². The van der Waals surface area contributed by atoms with Crippen LogP contribution < -0.4 is 0 Å². The van der Waals surface area contributed by atoms with Crippen molar-refractivity contribution in [2.45, 2.75) is 11.9 Å². The van der Waals surface area contributed by atoms with E-state index >= 15 is 0 Å². The van der Waals surface area contributed by atoms with Gasteiger partial charge in [0.25, 0.3) is 0 Å². The van der Waals surface area contributed by atoms with Crippen LogP contribution in [-0.2, 0) is 15.3 Å². The van der Waals surface area contributed by atoms with Crippen LogP contribution in [0.2, 0.25) is 0 Å². The van der Waals surface area contributed by atoms with Crippen LogP contribution in [0.4, 0.5) is 4.39 Å². The van der Waals surface area contributed by atoms with Gasteiger partial charge in [-0.25, -0.2) is 4.39 Å². The lowest BCUT2D eigenvalue weighted by Gasteiger charge is -2.25. The van der Waals surface area contributed by atoms with Crippen LogP contribution in [0, 0.1) is 5.82 Å². The van der Waals surface area contributed by atoms with Gasteiger partial charge < -0.3 is 9.47 Å². The number of alkyl halides is 2. The van der Waals surface area contributed by atoms with Crippen molar-refractivity contribution in [2.75, 3.05) is 18.4 Å². The highest BCUT2D eigenvalue weighted by molar-refractivity contribution is 6.18. The molecule has 0 N–H and O–H groups in total. The summed E-state index contributed by atoms with van der Waals surface area (Å²) in [6.45, 7) is 0.396. The van der Waals surface area contributed by atoms with Crippen LogP contribution in [-0.4, -0.2) is 24.5 Å². The fraction of sp³-hybridized carbons (Fsp3) is 0.455. The SMILES string of the molecule is Fc1ccc(C2(CCl)OC[C@@H](CCl)O2)cc1.